The predicted molar refractivity (Wildman–Crippen MR) is 86.6 cm³/mol. The number of halogens is 2. The van der Waals surface area contributed by atoms with Crippen molar-refractivity contribution in [3.8, 4) is 0 Å². The van der Waals surface area contributed by atoms with E-state index in [0.29, 0.717) is 11.5 Å². The Balaban J connectivity index is 2.28. The van der Waals surface area contributed by atoms with Crippen LogP contribution >= 0.6 is 31.9 Å². The molecule has 0 fully saturated rings. The highest BCUT2D eigenvalue weighted by Crippen LogP contribution is 2.32. The molecule has 0 unspecified atom stereocenters. The van der Waals surface area contributed by atoms with Gasteiger partial charge in [0, 0.05) is 8.95 Å². The average molecular weight is 400 g/mol. The molecule has 1 aromatic heterocycles. The number of nitrogens with zero attached hydrogens (tertiary/aromatic N) is 1. The number of anilines is 2. The van der Waals surface area contributed by atoms with Gasteiger partial charge in [0.1, 0.15) is 11.5 Å². The van der Waals surface area contributed by atoms with E-state index >= 15 is 0 Å². The van der Waals surface area contributed by atoms with E-state index in [0.717, 1.165) is 14.5 Å². The lowest BCUT2D eigenvalue weighted by atomic mass is 10.2. The molecule has 104 valence electrons. The zero-order valence-corrected chi connectivity index (χ0v) is 13.7. The molecule has 1 heterocycles. The van der Waals surface area contributed by atoms with Gasteiger partial charge < -0.3 is 10.7 Å². The number of nitrogens with two attached hydrogens (primary N) is 1. The molecule has 0 aliphatic rings. The second-order valence-electron chi connectivity index (χ2n) is 4.11. The van der Waals surface area contributed by atoms with Gasteiger partial charge in [0.15, 0.2) is 0 Å². The first-order chi connectivity index (χ1) is 9.51. The minimum absolute atomic E-state index is 0.278. The zero-order valence-electron chi connectivity index (χ0n) is 10.6. The Morgan fingerprint density at radius 1 is 1.25 bits per heavy atom. The number of hydrogen-bond acceptors (Lipinski definition) is 4. The molecule has 7 heteroatoms. The van der Waals surface area contributed by atoms with Gasteiger partial charge in [-0.05, 0) is 68.6 Å². The summed E-state index contributed by atoms with van der Waals surface area (Å²) in [7, 11) is 0. The Labute approximate surface area is 133 Å². The minimum atomic E-state index is -0.313. The number of aromatic nitrogens is 1. The Bertz CT molecular complexity index is 638. The van der Waals surface area contributed by atoms with Crippen molar-refractivity contribution in [1.29, 1.82) is 0 Å². The smallest absolute Gasteiger partial charge is 0.274 e. The Morgan fingerprint density at radius 3 is 2.50 bits per heavy atom. The summed E-state index contributed by atoms with van der Waals surface area (Å²) in [6.07, 6.45) is 0. The van der Waals surface area contributed by atoms with E-state index in [1.54, 1.807) is 18.2 Å². The lowest BCUT2D eigenvalue weighted by Gasteiger charge is -2.11. The number of hydrogen-bond donors (Lipinski definition) is 3. The summed E-state index contributed by atoms with van der Waals surface area (Å²) in [5.41, 5.74) is 4.42. The van der Waals surface area contributed by atoms with Crippen LogP contribution in [0, 0.1) is 6.92 Å². The van der Waals surface area contributed by atoms with E-state index in [2.05, 4.69) is 47.6 Å². The van der Waals surface area contributed by atoms with Gasteiger partial charge in [-0.2, -0.15) is 0 Å². The number of rotatable bonds is 3. The third kappa shape index (κ3) is 3.36. The minimum Gasteiger partial charge on any atom is -0.319 e. The number of benzene rings is 1. The molecule has 0 bridgehead atoms. The molecule has 0 saturated carbocycles. The van der Waals surface area contributed by atoms with E-state index in [4.69, 9.17) is 5.84 Å². The second-order valence-corrected chi connectivity index (χ2v) is 5.82. The molecule has 4 N–H and O–H groups in total. The molecule has 0 aliphatic heterocycles. The highest BCUT2D eigenvalue weighted by atomic mass is 79.9. The molecule has 0 saturated heterocycles. The molecule has 1 aromatic carbocycles. The van der Waals surface area contributed by atoms with Crippen LogP contribution in [0.4, 0.5) is 11.5 Å². The van der Waals surface area contributed by atoms with E-state index in [9.17, 15) is 4.79 Å². The first-order valence-electron chi connectivity index (χ1n) is 5.72. The molecule has 20 heavy (non-hydrogen) atoms. The first kappa shape index (κ1) is 15.0. The van der Waals surface area contributed by atoms with Gasteiger partial charge in [-0.3, -0.25) is 4.79 Å². The number of carbonyl (C=O) groups is 1. The standard InChI is InChI=1S/C13H12Br2N4O/c1-7-5-8(14)12(9(15)6-7)18-13(20)10-3-2-4-11(17-10)19-16/h2-6H,16H2,1H3,(H,17,19)(H,18,20). The van der Waals surface area contributed by atoms with Crippen molar-refractivity contribution in [2.24, 2.45) is 5.84 Å². The SMILES string of the molecule is Cc1cc(Br)c(NC(=O)c2cccc(NN)n2)c(Br)c1. The number of nitrogen functional groups attached to an aromatic ring is 1. The molecule has 0 spiro atoms. The molecule has 0 radical (unpaired) electrons. The highest BCUT2D eigenvalue weighted by molar-refractivity contribution is 9.11. The summed E-state index contributed by atoms with van der Waals surface area (Å²) in [6.45, 7) is 1.97. The summed E-state index contributed by atoms with van der Waals surface area (Å²) < 4.78 is 1.59. The van der Waals surface area contributed by atoms with Crippen LogP contribution < -0.4 is 16.6 Å². The van der Waals surface area contributed by atoms with Crippen LogP contribution in [-0.4, -0.2) is 10.9 Å². The molecule has 5 nitrogen and oxygen atoms in total. The summed E-state index contributed by atoms with van der Waals surface area (Å²) in [4.78, 5) is 16.3. The van der Waals surface area contributed by atoms with Crippen molar-refractivity contribution in [1.82, 2.24) is 4.98 Å². The highest BCUT2D eigenvalue weighted by Gasteiger charge is 2.13. The maximum Gasteiger partial charge on any atom is 0.274 e. The van der Waals surface area contributed by atoms with Crippen LogP contribution in [0.1, 0.15) is 16.1 Å². The number of carbonyl (C=O) groups excluding carboxylic acids is 1. The maximum absolute atomic E-state index is 12.2. The quantitative estimate of drug-likeness (QED) is 0.545. The van der Waals surface area contributed by atoms with Crippen molar-refractivity contribution in [3.05, 3.63) is 50.5 Å². The third-order valence-electron chi connectivity index (χ3n) is 2.55. The monoisotopic (exact) mass is 398 g/mol. The Kier molecular flexibility index (Phi) is 4.74. The van der Waals surface area contributed by atoms with E-state index in [-0.39, 0.29) is 11.6 Å². The van der Waals surface area contributed by atoms with Crippen molar-refractivity contribution in [3.63, 3.8) is 0 Å². The van der Waals surface area contributed by atoms with E-state index < -0.39 is 0 Å². The summed E-state index contributed by atoms with van der Waals surface area (Å²) in [5.74, 6) is 5.39. The molecule has 2 aromatic rings. The van der Waals surface area contributed by atoms with Crippen LogP contribution in [0.3, 0.4) is 0 Å². The first-order valence-corrected chi connectivity index (χ1v) is 7.30. The van der Waals surface area contributed by atoms with Gasteiger partial charge in [-0.15, -0.1) is 0 Å². The summed E-state index contributed by atoms with van der Waals surface area (Å²) in [6, 6.07) is 8.84. The molecular formula is C13H12Br2N4O. The van der Waals surface area contributed by atoms with Crippen LogP contribution in [0.2, 0.25) is 0 Å². The second kappa shape index (κ2) is 6.34. The number of amides is 1. The van der Waals surface area contributed by atoms with Crippen LogP contribution in [-0.2, 0) is 0 Å². The molecule has 2 rings (SSSR count). The largest absolute Gasteiger partial charge is 0.319 e. The third-order valence-corrected chi connectivity index (χ3v) is 3.81. The fourth-order valence-electron chi connectivity index (χ4n) is 1.64. The maximum atomic E-state index is 12.2. The molecule has 0 aliphatic carbocycles. The lowest BCUT2D eigenvalue weighted by molar-refractivity contribution is 0.102. The fraction of sp³-hybridized carbons (Fsp3) is 0.0769. The fourth-order valence-corrected chi connectivity index (χ4v) is 3.25. The van der Waals surface area contributed by atoms with Crippen molar-refractivity contribution < 1.29 is 4.79 Å². The van der Waals surface area contributed by atoms with Gasteiger partial charge in [-0.1, -0.05) is 6.07 Å². The van der Waals surface area contributed by atoms with Crippen LogP contribution in [0.5, 0.6) is 0 Å². The summed E-state index contributed by atoms with van der Waals surface area (Å²) >= 11 is 6.86. The van der Waals surface area contributed by atoms with Gasteiger partial charge in [0.25, 0.3) is 5.91 Å². The van der Waals surface area contributed by atoms with Crippen LogP contribution in [0.15, 0.2) is 39.3 Å². The van der Waals surface area contributed by atoms with Gasteiger partial charge in [0.2, 0.25) is 0 Å². The number of aryl methyl sites for hydroxylation is 1. The molecular weight excluding hydrogens is 388 g/mol. The normalized spacial score (nSPS) is 10.2. The Hall–Kier alpha value is -1.44. The number of hydrazine groups is 1. The van der Waals surface area contributed by atoms with Crippen LogP contribution in [0.25, 0.3) is 0 Å². The van der Waals surface area contributed by atoms with Crippen molar-refractivity contribution in [2.45, 2.75) is 6.92 Å². The van der Waals surface area contributed by atoms with E-state index in [1.165, 1.54) is 0 Å². The molecule has 1 amide bonds. The number of pyridine rings is 1. The lowest BCUT2D eigenvalue weighted by Crippen LogP contribution is -2.16. The van der Waals surface area contributed by atoms with Gasteiger partial charge in [0.05, 0.1) is 5.69 Å². The van der Waals surface area contributed by atoms with Crippen molar-refractivity contribution >= 4 is 49.3 Å². The Morgan fingerprint density at radius 2 is 1.90 bits per heavy atom. The van der Waals surface area contributed by atoms with E-state index in [1.807, 2.05) is 19.1 Å². The van der Waals surface area contributed by atoms with Crippen molar-refractivity contribution in [2.75, 3.05) is 10.7 Å². The predicted octanol–water partition coefficient (Wildman–Crippen LogP) is 3.45. The zero-order chi connectivity index (χ0) is 14.7. The topological polar surface area (TPSA) is 80.0 Å². The summed E-state index contributed by atoms with van der Waals surface area (Å²) in [5, 5.41) is 2.81. The number of nitrogens with one attached hydrogen (secondary N) is 2. The van der Waals surface area contributed by atoms with Gasteiger partial charge >= 0.3 is 0 Å². The van der Waals surface area contributed by atoms with Gasteiger partial charge in [-0.25, -0.2) is 10.8 Å². The average Bonchev–Trinajstić information content (AvgIpc) is 2.42. The molecule has 0 atom stereocenters.